The Morgan fingerprint density at radius 2 is 1.95 bits per heavy atom. The van der Waals surface area contributed by atoms with Crippen LogP contribution in [0.2, 0.25) is 0 Å². The zero-order valence-corrected chi connectivity index (χ0v) is 13.2. The van der Waals surface area contributed by atoms with Crippen molar-refractivity contribution in [1.29, 1.82) is 0 Å². The fourth-order valence-corrected chi connectivity index (χ4v) is 3.62. The molecule has 1 saturated carbocycles. The lowest BCUT2D eigenvalue weighted by atomic mass is 9.98. The Morgan fingerprint density at radius 3 is 2.63 bits per heavy atom. The van der Waals surface area contributed by atoms with Crippen molar-refractivity contribution in [2.75, 3.05) is 26.2 Å². The third-order valence-corrected chi connectivity index (χ3v) is 4.63. The van der Waals surface area contributed by atoms with E-state index in [1.165, 1.54) is 19.3 Å². The summed E-state index contributed by atoms with van der Waals surface area (Å²) in [6, 6.07) is 1.34. The van der Waals surface area contributed by atoms with Gasteiger partial charge in [0.05, 0.1) is 12.7 Å². The largest absolute Gasteiger partial charge is 0.375 e. The minimum absolute atomic E-state index is 0.514. The molecule has 1 aliphatic carbocycles. The molecule has 0 bridgehead atoms. The van der Waals surface area contributed by atoms with Crippen LogP contribution in [0.4, 0.5) is 0 Å². The molecule has 0 aromatic carbocycles. The quantitative estimate of drug-likeness (QED) is 0.801. The van der Waals surface area contributed by atoms with Gasteiger partial charge in [-0.3, -0.25) is 4.90 Å². The Labute approximate surface area is 119 Å². The molecule has 3 heteroatoms. The maximum atomic E-state index is 5.94. The predicted molar refractivity (Wildman–Crippen MR) is 80.4 cm³/mol. The summed E-state index contributed by atoms with van der Waals surface area (Å²) in [6.07, 6.45) is 4.46. The van der Waals surface area contributed by atoms with Crippen LogP contribution in [0.1, 0.15) is 47.0 Å². The Bertz CT molecular complexity index is 267. The van der Waals surface area contributed by atoms with Crippen LogP contribution in [0.3, 0.4) is 0 Å². The summed E-state index contributed by atoms with van der Waals surface area (Å²) in [5, 5.41) is 3.66. The third-order valence-electron chi connectivity index (χ3n) is 4.63. The van der Waals surface area contributed by atoms with E-state index in [1.54, 1.807) is 0 Å². The summed E-state index contributed by atoms with van der Waals surface area (Å²) in [5.41, 5.74) is 0. The summed E-state index contributed by atoms with van der Waals surface area (Å²) in [7, 11) is 0. The van der Waals surface area contributed by atoms with Crippen LogP contribution in [0.15, 0.2) is 0 Å². The molecule has 2 aliphatic rings. The summed E-state index contributed by atoms with van der Waals surface area (Å²) in [5.74, 6) is 1.44. The normalized spacial score (nSPS) is 30.0. The molecular formula is C16H32N2O. The van der Waals surface area contributed by atoms with E-state index in [-0.39, 0.29) is 0 Å². The van der Waals surface area contributed by atoms with E-state index in [0.717, 1.165) is 32.2 Å². The second kappa shape index (κ2) is 7.05. The van der Waals surface area contributed by atoms with Gasteiger partial charge in [-0.05, 0) is 37.6 Å². The number of hydrogen-bond donors (Lipinski definition) is 1. The third kappa shape index (κ3) is 3.93. The highest BCUT2D eigenvalue weighted by Gasteiger charge is 2.39. The lowest BCUT2D eigenvalue weighted by molar-refractivity contribution is -0.0779. The highest BCUT2D eigenvalue weighted by molar-refractivity contribution is 4.93. The summed E-state index contributed by atoms with van der Waals surface area (Å²) in [6.45, 7) is 13.6. The number of morpholine rings is 1. The minimum Gasteiger partial charge on any atom is -0.375 e. The molecule has 2 rings (SSSR count). The zero-order valence-electron chi connectivity index (χ0n) is 13.2. The number of nitrogens with zero attached hydrogens (tertiary/aromatic N) is 1. The fourth-order valence-electron chi connectivity index (χ4n) is 3.62. The molecule has 112 valence electrons. The number of ether oxygens (including phenoxy) is 1. The van der Waals surface area contributed by atoms with Crippen LogP contribution >= 0.6 is 0 Å². The molecule has 2 fully saturated rings. The van der Waals surface area contributed by atoms with E-state index in [2.05, 4.69) is 37.9 Å². The van der Waals surface area contributed by atoms with Crippen molar-refractivity contribution in [3.8, 4) is 0 Å². The van der Waals surface area contributed by atoms with Gasteiger partial charge in [0.15, 0.2) is 0 Å². The first-order valence-electron chi connectivity index (χ1n) is 8.17. The summed E-state index contributed by atoms with van der Waals surface area (Å²) >= 11 is 0. The monoisotopic (exact) mass is 268 g/mol. The van der Waals surface area contributed by atoms with Crippen molar-refractivity contribution in [2.24, 2.45) is 11.8 Å². The molecule has 1 N–H and O–H groups in total. The Morgan fingerprint density at radius 1 is 1.16 bits per heavy atom. The smallest absolute Gasteiger partial charge is 0.0731 e. The number of fused-ring (bicyclic) bond motifs is 1. The molecule has 19 heavy (non-hydrogen) atoms. The minimum atomic E-state index is 0.514. The van der Waals surface area contributed by atoms with E-state index < -0.39 is 0 Å². The van der Waals surface area contributed by atoms with Gasteiger partial charge in [-0.2, -0.15) is 0 Å². The molecule has 1 heterocycles. The Kier molecular flexibility index (Phi) is 5.67. The molecule has 3 unspecified atom stereocenters. The highest BCUT2D eigenvalue weighted by atomic mass is 16.5. The SMILES string of the molecule is CC(C)CNCC(C(C)C)N1CCOC2CCCC21. The van der Waals surface area contributed by atoms with E-state index in [0.29, 0.717) is 24.1 Å². The van der Waals surface area contributed by atoms with Gasteiger partial charge >= 0.3 is 0 Å². The molecule has 1 aliphatic heterocycles. The average Bonchev–Trinajstić information content (AvgIpc) is 2.82. The van der Waals surface area contributed by atoms with Gasteiger partial charge < -0.3 is 10.1 Å². The van der Waals surface area contributed by atoms with Crippen LogP contribution in [0.25, 0.3) is 0 Å². The molecule has 1 saturated heterocycles. The van der Waals surface area contributed by atoms with Gasteiger partial charge in [-0.15, -0.1) is 0 Å². The van der Waals surface area contributed by atoms with E-state index >= 15 is 0 Å². The van der Waals surface area contributed by atoms with Crippen LogP contribution in [-0.4, -0.2) is 49.3 Å². The van der Waals surface area contributed by atoms with Crippen LogP contribution in [-0.2, 0) is 4.74 Å². The van der Waals surface area contributed by atoms with E-state index in [4.69, 9.17) is 4.74 Å². The first-order chi connectivity index (χ1) is 9.09. The lowest BCUT2D eigenvalue weighted by Crippen LogP contribution is -2.57. The molecule has 0 spiro atoms. The Balaban J connectivity index is 1.93. The van der Waals surface area contributed by atoms with Crippen LogP contribution in [0, 0.1) is 11.8 Å². The maximum Gasteiger partial charge on any atom is 0.0731 e. The van der Waals surface area contributed by atoms with Crippen molar-refractivity contribution >= 4 is 0 Å². The molecule has 3 nitrogen and oxygen atoms in total. The van der Waals surface area contributed by atoms with Gasteiger partial charge in [-0.25, -0.2) is 0 Å². The topological polar surface area (TPSA) is 24.5 Å². The molecule has 0 amide bonds. The first kappa shape index (κ1) is 15.3. The lowest BCUT2D eigenvalue weighted by Gasteiger charge is -2.44. The zero-order chi connectivity index (χ0) is 13.8. The highest BCUT2D eigenvalue weighted by Crippen LogP contribution is 2.32. The van der Waals surface area contributed by atoms with E-state index in [1.807, 2.05) is 0 Å². The second-order valence-corrected chi connectivity index (χ2v) is 7.01. The summed E-state index contributed by atoms with van der Waals surface area (Å²) in [4.78, 5) is 2.75. The molecule has 0 aromatic rings. The van der Waals surface area contributed by atoms with Crippen molar-refractivity contribution in [3.05, 3.63) is 0 Å². The van der Waals surface area contributed by atoms with Crippen molar-refractivity contribution in [3.63, 3.8) is 0 Å². The fraction of sp³-hybridized carbons (Fsp3) is 1.00. The van der Waals surface area contributed by atoms with Gasteiger partial charge in [0.2, 0.25) is 0 Å². The number of hydrogen-bond acceptors (Lipinski definition) is 3. The summed E-state index contributed by atoms with van der Waals surface area (Å²) < 4.78 is 5.94. The van der Waals surface area contributed by atoms with E-state index in [9.17, 15) is 0 Å². The van der Waals surface area contributed by atoms with Crippen molar-refractivity contribution < 1.29 is 4.74 Å². The Hall–Kier alpha value is -0.120. The van der Waals surface area contributed by atoms with Gasteiger partial charge in [0, 0.05) is 25.2 Å². The molecule has 0 aromatic heterocycles. The van der Waals surface area contributed by atoms with Crippen molar-refractivity contribution in [2.45, 2.75) is 65.1 Å². The predicted octanol–water partition coefficient (Wildman–Crippen LogP) is 2.51. The number of nitrogens with one attached hydrogen (secondary N) is 1. The van der Waals surface area contributed by atoms with Gasteiger partial charge in [0.25, 0.3) is 0 Å². The standard InChI is InChI=1S/C16H32N2O/c1-12(2)10-17-11-15(13(3)4)18-8-9-19-16-7-5-6-14(16)18/h12-17H,5-11H2,1-4H3. The van der Waals surface area contributed by atoms with Crippen LogP contribution < -0.4 is 5.32 Å². The molecule has 0 radical (unpaired) electrons. The van der Waals surface area contributed by atoms with Crippen LogP contribution in [0.5, 0.6) is 0 Å². The van der Waals surface area contributed by atoms with Crippen molar-refractivity contribution in [1.82, 2.24) is 10.2 Å². The first-order valence-corrected chi connectivity index (χ1v) is 8.17. The second-order valence-electron chi connectivity index (χ2n) is 7.01. The maximum absolute atomic E-state index is 5.94. The average molecular weight is 268 g/mol. The number of rotatable bonds is 6. The molecular weight excluding hydrogens is 236 g/mol. The van der Waals surface area contributed by atoms with Gasteiger partial charge in [-0.1, -0.05) is 27.7 Å². The van der Waals surface area contributed by atoms with Gasteiger partial charge in [0.1, 0.15) is 0 Å². The molecule has 3 atom stereocenters.